The molecule has 0 amide bonds. The maximum absolute atomic E-state index is 5.78. The molecule has 1 aromatic carbocycles. The van der Waals surface area contributed by atoms with Gasteiger partial charge in [-0.25, -0.2) is 0 Å². The molecule has 0 bridgehead atoms. The molecule has 2 N–H and O–H groups in total. The van der Waals surface area contributed by atoms with Gasteiger partial charge in [0.2, 0.25) is 0 Å². The van der Waals surface area contributed by atoms with Crippen LogP contribution in [0.2, 0.25) is 0 Å². The largest absolute Gasteiger partial charge is 0.493 e. The van der Waals surface area contributed by atoms with Crippen molar-refractivity contribution in [2.45, 2.75) is 45.1 Å². The Morgan fingerprint density at radius 1 is 1.17 bits per heavy atom. The second-order valence-electron chi connectivity index (χ2n) is 7.18. The molecule has 166 valence electrons. The fourth-order valence-corrected chi connectivity index (χ4v) is 3.27. The Bertz CT molecular complexity index is 737. The molecular weight excluding hydrogens is 493 g/mol. The Morgan fingerprint density at radius 3 is 2.87 bits per heavy atom. The minimum atomic E-state index is 0. The van der Waals surface area contributed by atoms with Crippen molar-refractivity contribution in [3.05, 3.63) is 54.0 Å². The van der Waals surface area contributed by atoms with Crippen molar-refractivity contribution in [1.29, 1.82) is 0 Å². The number of hydrogen-bond donors (Lipinski definition) is 2. The lowest BCUT2D eigenvalue weighted by Crippen LogP contribution is -2.42. The number of nitrogens with zero attached hydrogens (tertiary/aromatic N) is 1. The molecule has 3 rings (SSSR count). The van der Waals surface area contributed by atoms with E-state index in [1.807, 2.05) is 24.3 Å². The molecule has 1 unspecified atom stereocenters. The molecule has 0 fully saturated rings. The Balaban J connectivity index is 0.00000320. The predicted octanol–water partition coefficient (Wildman–Crippen LogP) is 4.71. The van der Waals surface area contributed by atoms with Gasteiger partial charge in [0.05, 0.1) is 18.9 Å². The van der Waals surface area contributed by atoms with Crippen LogP contribution in [0.1, 0.15) is 50.0 Å². The molecular formula is C23H34IN3O3. The van der Waals surface area contributed by atoms with Crippen molar-refractivity contribution in [2.75, 3.05) is 32.9 Å². The standard InChI is InChI=1S/C23H33N3O3.HI/c1-2-3-15-27-16-7-13-24-23(25-14-11-19-8-6-17-28-19)26-21-12-18-29-22-10-5-4-9-20(21)22;/h4-6,8-10,17,21H,2-3,7,11-16,18H2,1H3,(H2,24,25,26);1H. The highest BCUT2D eigenvalue weighted by Crippen LogP contribution is 2.31. The molecule has 30 heavy (non-hydrogen) atoms. The van der Waals surface area contributed by atoms with Gasteiger partial charge in [-0.05, 0) is 31.0 Å². The minimum absolute atomic E-state index is 0. The van der Waals surface area contributed by atoms with Crippen LogP contribution in [0.3, 0.4) is 0 Å². The summed E-state index contributed by atoms with van der Waals surface area (Å²) in [6.45, 7) is 5.97. The van der Waals surface area contributed by atoms with Crippen molar-refractivity contribution in [2.24, 2.45) is 4.99 Å². The lowest BCUT2D eigenvalue weighted by Gasteiger charge is -2.28. The summed E-state index contributed by atoms with van der Waals surface area (Å²) < 4.78 is 16.8. The summed E-state index contributed by atoms with van der Waals surface area (Å²) in [5.74, 6) is 2.75. The van der Waals surface area contributed by atoms with Gasteiger partial charge in [0, 0.05) is 44.7 Å². The van der Waals surface area contributed by atoms with Gasteiger partial charge in [-0.1, -0.05) is 31.5 Å². The second kappa shape index (κ2) is 14.3. The van der Waals surface area contributed by atoms with Gasteiger partial charge < -0.3 is 24.5 Å². The fourth-order valence-electron chi connectivity index (χ4n) is 3.27. The molecule has 0 saturated heterocycles. The Kier molecular flexibility index (Phi) is 11.7. The molecule has 2 heterocycles. The highest BCUT2D eigenvalue weighted by atomic mass is 127. The van der Waals surface area contributed by atoms with E-state index >= 15 is 0 Å². The Hall–Kier alpha value is -1.74. The van der Waals surface area contributed by atoms with E-state index in [0.29, 0.717) is 6.61 Å². The maximum atomic E-state index is 5.78. The second-order valence-corrected chi connectivity index (χ2v) is 7.18. The molecule has 7 heteroatoms. The van der Waals surface area contributed by atoms with E-state index in [-0.39, 0.29) is 30.0 Å². The first-order valence-electron chi connectivity index (χ1n) is 10.7. The van der Waals surface area contributed by atoms with E-state index in [1.54, 1.807) is 6.26 Å². The molecule has 1 aliphatic rings. The van der Waals surface area contributed by atoms with Crippen LogP contribution in [0.25, 0.3) is 0 Å². The number of aliphatic imine (C=N–C) groups is 1. The van der Waals surface area contributed by atoms with Gasteiger partial charge in [-0.2, -0.15) is 0 Å². The van der Waals surface area contributed by atoms with Gasteiger partial charge in [-0.15, -0.1) is 24.0 Å². The van der Waals surface area contributed by atoms with E-state index in [9.17, 15) is 0 Å². The summed E-state index contributed by atoms with van der Waals surface area (Å²) in [7, 11) is 0. The Labute approximate surface area is 196 Å². The summed E-state index contributed by atoms with van der Waals surface area (Å²) in [5.41, 5.74) is 1.18. The number of guanidine groups is 1. The van der Waals surface area contributed by atoms with Gasteiger partial charge in [-0.3, -0.25) is 4.99 Å². The van der Waals surface area contributed by atoms with Crippen molar-refractivity contribution < 1.29 is 13.9 Å². The van der Waals surface area contributed by atoms with Crippen LogP contribution < -0.4 is 15.4 Å². The fraction of sp³-hybridized carbons (Fsp3) is 0.522. The topological polar surface area (TPSA) is 68.0 Å². The average Bonchev–Trinajstić information content (AvgIpc) is 3.26. The Morgan fingerprint density at radius 2 is 2.03 bits per heavy atom. The van der Waals surface area contributed by atoms with Crippen LogP contribution in [0.4, 0.5) is 0 Å². The zero-order valence-corrected chi connectivity index (χ0v) is 20.1. The van der Waals surface area contributed by atoms with Gasteiger partial charge >= 0.3 is 0 Å². The van der Waals surface area contributed by atoms with Crippen LogP contribution in [-0.4, -0.2) is 38.9 Å². The van der Waals surface area contributed by atoms with Crippen LogP contribution in [0.5, 0.6) is 5.75 Å². The zero-order chi connectivity index (χ0) is 20.2. The number of halogens is 1. The van der Waals surface area contributed by atoms with Crippen LogP contribution >= 0.6 is 24.0 Å². The molecule has 1 aliphatic heterocycles. The minimum Gasteiger partial charge on any atom is -0.493 e. The van der Waals surface area contributed by atoms with E-state index < -0.39 is 0 Å². The van der Waals surface area contributed by atoms with Gasteiger partial charge in [0.1, 0.15) is 11.5 Å². The maximum Gasteiger partial charge on any atom is 0.191 e. The number of hydrogen-bond acceptors (Lipinski definition) is 4. The summed E-state index contributed by atoms with van der Waals surface area (Å²) in [4.78, 5) is 4.77. The third-order valence-corrected chi connectivity index (χ3v) is 4.87. The third-order valence-electron chi connectivity index (χ3n) is 4.87. The number of benzene rings is 1. The number of nitrogens with one attached hydrogen (secondary N) is 2. The third kappa shape index (κ3) is 8.18. The molecule has 0 radical (unpaired) electrons. The van der Waals surface area contributed by atoms with Gasteiger partial charge in [0.15, 0.2) is 5.96 Å². The van der Waals surface area contributed by atoms with Crippen molar-refractivity contribution in [1.82, 2.24) is 10.6 Å². The first-order chi connectivity index (χ1) is 14.4. The van der Waals surface area contributed by atoms with Gasteiger partial charge in [0.25, 0.3) is 0 Å². The van der Waals surface area contributed by atoms with Crippen molar-refractivity contribution in [3.63, 3.8) is 0 Å². The van der Waals surface area contributed by atoms with E-state index in [0.717, 1.165) is 69.5 Å². The van der Waals surface area contributed by atoms with Crippen molar-refractivity contribution in [3.8, 4) is 5.75 Å². The van der Waals surface area contributed by atoms with E-state index in [2.05, 4.69) is 29.7 Å². The SMILES string of the molecule is CCCCOCCCN=C(NCCc1ccco1)NC1CCOc2ccccc21.I. The molecule has 2 aromatic rings. The highest BCUT2D eigenvalue weighted by Gasteiger charge is 2.21. The summed E-state index contributed by atoms with van der Waals surface area (Å²) >= 11 is 0. The molecule has 6 nitrogen and oxygen atoms in total. The normalized spacial score (nSPS) is 15.6. The van der Waals surface area contributed by atoms with E-state index in [1.165, 1.54) is 12.0 Å². The predicted molar refractivity (Wildman–Crippen MR) is 131 cm³/mol. The molecule has 1 atom stereocenters. The van der Waals surface area contributed by atoms with Crippen LogP contribution in [-0.2, 0) is 11.2 Å². The lowest BCUT2D eigenvalue weighted by molar-refractivity contribution is 0.130. The monoisotopic (exact) mass is 527 g/mol. The molecule has 0 spiro atoms. The van der Waals surface area contributed by atoms with E-state index in [4.69, 9.17) is 18.9 Å². The molecule has 0 saturated carbocycles. The number of unbranched alkanes of at least 4 members (excludes halogenated alkanes) is 1. The van der Waals surface area contributed by atoms with Crippen LogP contribution in [0.15, 0.2) is 52.1 Å². The van der Waals surface area contributed by atoms with Crippen molar-refractivity contribution >= 4 is 29.9 Å². The summed E-state index contributed by atoms with van der Waals surface area (Å²) in [5, 5.41) is 7.04. The number of fused-ring (bicyclic) bond motifs is 1. The smallest absolute Gasteiger partial charge is 0.191 e. The zero-order valence-electron chi connectivity index (χ0n) is 17.8. The highest BCUT2D eigenvalue weighted by molar-refractivity contribution is 14.0. The average molecular weight is 527 g/mol. The first-order valence-corrected chi connectivity index (χ1v) is 10.7. The summed E-state index contributed by atoms with van der Waals surface area (Å²) in [6, 6.07) is 12.3. The molecule has 1 aromatic heterocycles. The quantitative estimate of drug-likeness (QED) is 0.192. The first kappa shape index (κ1) is 24.5. The number of rotatable bonds is 11. The number of furan rings is 1. The number of para-hydroxylation sites is 1. The molecule has 0 aliphatic carbocycles. The number of ether oxygens (including phenoxy) is 2. The lowest BCUT2D eigenvalue weighted by atomic mass is 10.0. The van der Waals surface area contributed by atoms with Crippen LogP contribution in [0, 0.1) is 0 Å². The summed E-state index contributed by atoms with van der Waals surface area (Å²) in [6.07, 6.45) is 6.64.